The number of pyridine rings is 1. The van der Waals surface area contributed by atoms with Gasteiger partial charge in [0.05, 0.1) is 6.54 Å². The molecule has 0 radical (unpaired) electrons. The minimum atomic E-state index is -0.0450. The van der Waals surface area contributed by atoms with Crippen molar-refractivity contribution < 1.29 is 4.79 Å². The van der Waals surface area contributed by atoms with Gasteiger partial charge in [-0.1, -0.05) is 36.4 Å². The minimum absolute atomic E-state index is 0.0450. The molecule has 3 rings (SSSR count). The number of nitrogens with zero attached hydrogens (tertiary/aromatic N) is 3. The Labute approximate surface area is 152 Å². The molecule has 2 aromatic heterocycles. The molecule has 2 heterocycles. The van der Waals surface area contributed by atoms with Gasteiger partial charge in [-0.2, -0.15) is 0 Å². The van der Waals surface area contributed by atoms with Crippen LogP contribution in [0.25, 0.3) is 0 Å². The van der Waals surface area contributed by atoms with Crippen LogP contribution in [0.5, 0.6) is 0 Å². The molecule has 128 valence electrons. The van der Waals surface area contributed by atoms with E-state index in [2.05, 4.69) is 29.0 Å². The molecule has 0 N–H and O–H groups in total. The highest BCUT2D eigenvalue weighted by Gasteiger charge is 2.23. The summed E-state index contributed by atoms with van der Waals surface area (Å²) >= 11 is 1.57. The lowest BCUT2D eigenvalue weighted by Gasteiger charge is -2.28. The van der Waals surface area contributed by atoms with Crippen LogP contribution in [0.1, 0.15) is 34.4 Å². The van der Waals surface area contributed by atoms with Crippen molar-refractivity contribution in [2.75, 3.05) is 0 Å². The molecule has 0 fully saturated rings. The van der Waals surface area contributed by atoms with Crippen LogP contribution in [0.4, 0.5) is 0 Å². The number of benzene rings is 1. The number of amides is 1. The zero-order valence-corrected chi connectivity index (χ0v) is 15.0. The van der Waals surface area contributed by atoms with Gasteiger partial charge in [-0.15, -0.1) is 11.3 Å². The monoisotopic (exact) mass is 351 g/mol. The Morgan fingerprint density at radius 2 is 1.88 bits per heavy atom. The first kappa shape index (κ1) is 17.3. The summed E-state index contributed by atoms with van der Waals surface area (Å²) in [6, 6.07) is 15.9. The van der Waals surface area contributed by atoms with E-state index in [1.807, 2.05) is 40.6 Å². The average molecular weight is 351 g/mol. The van der Waals surface area contributed by atoms with Gasteiger partial charge >= 0.3 is 0 Å². The molecule has 0 saturated carbocycles. The van der Waals surface area contributed by atoms with E-state index < -0.39 is 0 Å². The lowest BCUT2D eigenvalue weighted by Crippen LogP contribution is -2.38. The van der Waals surface area contributed by atoms with Crippen molar-refractivity contribution in [1.29, 1.82) is 0 Å². The summed E-state index contributed by atoms with van der Waals surface area (Å²) in [5.74, 6) is -0.0450. The molecule has 1 atom stereocenters. The molecule has 0 aliphatic heterocycles. The molecule has 0 spiro atoms. The first-order valence-corrected chi connectivity index (χ1v) is 9.26. The summed E-state index contributed by atoms with van der Waals surface area (Å²) in [5, 5.41) is 2.88. The fourth-order valence-corrected chi connectivity index (χ4v) is 3.33. The molecule has 1 aromatic carbocycles. The Morgan fingerprint density at radius 3 is 2.56 bits per heavy atom. The second-order valence-electron chi connectivity index (χ2n) is 5.95. The minimum Gasteiger partial charge on any atom is -0.328 e. The molecule has 3 aromatic rings. The van der Waals surface area contributed by atoms with Crippen LogP contribution in [0, 0.1) is 0 Å². The molecule has 0 aliphatic rings. The van der Waals surface area contributed by atoms with Gasteiger partial charge in [0.1, 0.15) is 10.7 Å². The number of rotatable bonds is 7. The van der Waals surface area contributed by atoms with Crippen molar-refractivity contribution in [2.45, 2.75) is 32.4 Å². The van der Waals surface area contributed by atoms with Crippen molar-refractivity contribution in [1.82, 2.24) is 14.9 Å². The largest absolute Gasteiger partial charge is 0.328 e. The van der Waals surface area contributed by atoms with Gasteiger partial charge in [0.2, 0.25) is 0 Å². The van der Waals surface area contributed by atoms with Gasteiger partial charge < -0.3 is 4.90 Å². The van der Waals surface area contributed by atoms with Crippen LogP contribution >= 0.6 is 11.3 Å². The van der Waals surface area contributed by atoms with Crippen LogP contribution in [0.2, 0.25) is 0 Å². The van der Waals surface area contributed by atoms with Crippen molar-refractivity contribution in [3.05, 3.63) is 82.6 Å². The number of carbonyl (C=O) groups is 1. The SMILES string of the molecule is C[C@@H](CCc1ccccc1)N(Cc1nccs1)C(=O)c1ccccn1. The van der Waals surface area contributed by atoms with Crippen molar-refractivity contribution in [3.63, 3.8) is 0 Å². The third kappa shape index (κ3) is 4.73. The van der Waals surface area contributed by atoms with E-state index in [1.54, 1.807) is 29.8 Å². The molecule has 0 bridgehead atoms. The summed E-state index contributed by atoms with van der Waals surface area (Å²) in [6.45, 7) is 2.61. The van der Waals surface area contributed by atoms with Crippen molar-refractivity contribution >= 4 is 17.2 Å². The number of aromatic nitrogens is 2. The Bertz CT molecular complexity index is 775. The maximum absolute atomic E-state index is 13.0. The normalized spacial score (nSPS) is 11.9. The lowest BCUT2D eigenvalue weighted by atomic mass is 10.0. The number of hydrogen-bond donors (Lipinski definition) is 0. The van der Waals surface area contributed by atoms with E-state index in [1.165, 1.54) is 5.56 Å². The van der Waals surface area contributed by atoms with E-state index >= 15 is 0 Å². The van der Waals surface area contributed by atoms with Crippen LogP contribution < -0.4 is 0 Å². The van der Waals surface area contributed by atoms with Crippen LogP contribution in [-0.2, 0) is 13.0 Å². The first-order chi connectivity index (χ1) is 12.2. The molecule has 4 nitrogen and oxygen atoms in total. The van der Waals surface area contributed by atoms with Gasteiger partial charge in [0, 0.05) is 23.8 Å². The van der Waals surface area contributed by atoms with Crippen LogP contribution in [0.3, 0.4) is 0 Å². The lowest BCUT2D eigenvalue weighted by molar-refractivity contribution is 0.0661. The molecule has 0 aliphatic carbocycles. The highest BCUT2D eigenvalue weighted by atomic mass is 32.1. The third-order valence-corrected chi connectivity index (χ3v) is 4.92. The second-order valence-corrected chi connectivity index (χ2v) is 6.93. The highest BCUT2D eigenvalue weighted by Crippen LogP contribution is 2.17. The molecule has 5 heteroatoms. The van der Waals surface area contributed by atoms with Crippen molar-refractivity contribution in [3.8, 4) is 0 Å². The quantitative estimate of drug-likeness (QED) is 0.641. The maximum Gasteiger partial charge on any atom is 0.273 e. The number of thiazole rings is 1. The summed E-state index contributed by atoms with van der Waals surface area (Å²) in [5.41, 5.74) is 1.76. The Morgan fingerprint density at radius 1 is 1.08 bits per heavy atom. The van der Waals surface area contributed by atoms with Gasteiger partial charge in [-0.3, -0.25) is 9.78 Å². The van der Waals surface area contributed by atoms with Gasteiger partial charge in [-0.25, -0.2) is 4.98 Å². The molecule has 1 amide bonds. The Hall–Kier alpha value is -2.53. The number of hydrogen-bond acceptors (Lipinski definition) is 4. The molecular weight excluding hydrogens is 330 g/mol. The number of carbonyl (C=O) groups excluding carboxylic acids is 1. The number of aryl methyl sites for hydroxylation is 1. The van der Waals surface area contributed by atoms with E-state index in [9.17, 15) is 4.79 Å². The zero-order chi connectivity index (χ0) is 17.5. The summed E-state index contributed by atoms with van der Waals surface area (Å²) in [6.07, 6.45) is 5.27. The Balaban J connectivity index is 1.74. The predicted molar refractivity (Wildman–Crippen MR) is 100 cm³/mol. The van der Waals surface area contributed by atoms with Crippen LogP contribution in [-0.4, -0.2) is 26.8 Å². The van der Waals surface area contributed by atoms with E-state index in [0.717, 1.165) is 17.8 Å². The smallest absolute Gasteiger partial charge is 0.273 e. The first-order valence-electron chi connectivity index (χ1n) is 8.38. The second kappa shape index (κ2) is 8.53. The Kier molecular flexibility index (Phi) is 5.90. The summed E-state index contributed by atoms with van der Waals surface area (Å²) < 4.78 is 0. The predicted octanol–water partition coefficient (Wildman–Crippen LogP) is 4.20. The van der Waals surface area contributed by atoms with Crippen molar-refractivity contribution in [2.24, 2.45) is 0 Å². The van der Waals surface area contributed by atoms with E-state index in [0.29, 0.717) is 12.2 Å². The average Bonchev–Trinajstić information content (AvgIpc) is 3.18. The van der Waals surface area contributed by atoms with E-state index in [4.69, 9.17) is 0 Å². The fraction of sp³-hybridized carbons (Fsp3) is 0.250. The zero-order valence-electron chi connectivity index (χ0n) is 14.2. The molecule has 0 unspecified atom stereocenters. The topological polar surface area (TPSA) is 46.1 Å². The van der Waals surface area contributed by atoms with Gasteiger partial charge in [0.15, 0.2) is 0 Å². The summed E-state index contributed by atoms with van der Waals surface area (Å²) in [4.78, 5) is 23.4. The van der Waals surface area contributed by atoms with Crippen LogP contribution in [0.15, 0.2) is 66.3 Å². The highest BCUT2D eigenvalue weighted by molar-refractivity contribution is 7.09. The fourth-order valence-electron chi connectivity index (χ4n) is 2.72. The van der Waals surface area contributed by atoms with E-state index in [-0.39, 0.29) is 11.9 Å². The third-order valence-electron chi connectivity index (χ3n) is 4.16. The summed E-state index contributed by atoms with van der Waals surface area (Å²) in [7, 11) is 0. The van der Waals surface area contributed by atoms with Gasteiger partial charge in [0.25, 0.3) is 5.91 Å². The van der Waals surface area contributed by atoms with Gasteiger partial charge in [-0.05, 0) is 37.5 Å². The standard InChI is InChI=1S/C20H21N3OS/c1-16(10-11-17-7-3-2-4-8-17)23(15-19-22-13-14-25-19)20(24)18-9-5-6-12-21-18/h2-9,12-14,16H,10-11,15H2,1H3/t16-/m0/s1. The molecule has 0 saturated heterocycles. The maximum atomic E-state index is 13.0. The molecule has 25 heavy (non-hydrogen) atoms. The molecular formula is C20H21N3OS.